The zero-order chi connectivity index (χ0) is 22.3. The highest BCUT2D eigenvalue weighted by Gasteiger charge is 2.17. The number of carbonyl (C=O) groups is 2. The Bertz CT molecular complexity index is 1000. The van der Waals surface area contributed by atoms with Crippen LogP contribution in [0.15, 0.2) is 58.6 Å². The first-order valence-corrected chi connectivity index (χ1v) is 10.5. The number of carboxylic acids is 1. The van der Waals surface area contributed by atoms with Gasteiger partial charge in [0, 0.05) is 11.1 Å². The third kappa shape index (κ3) is 7.49. The van der Waals surface area contributed by atoms with Crippen LogP contribution in [0, 0.1) is 0 Å². The summed E-state index contributed by atoms with van der Waals surface area (Å²) in [6, 6.07) is 12.6. The average Bonchev–Trinajstić information content (AvgIpc) is 3.17. The lowest BCUT2D eigenvalue weighted by Crippen LogP contribution is -2.27. The molecule has 0 radical (unpaired) electrons. The fourth-order valence-corrected chi connectivity index (χ4v) is 3.15. The molecule has 0 aliphatic carbocycles. The normalized spacial score (nSPS) is 10.5. The summed E-state index contributed by atoms with van der Waals surface area (Å²) in [5.41, 5.74) is 7.74. The highest BCUT2D eigenvalue weighted by atomic mass is 79.9. The summed E-state index contributed by atoms with van der Waals surface area (Å²) >= 11 is 4.74. The van der Waals surface area contributed by atoms with Crippen LogP contribution in [0.3, 0.4) is 0 Å². The molecule has 158 valence electrons. The Kier molecular flexibility index (Phi) is 7.96. The van der Waals surface area contributed by atoms with Crippen LogP contribution in [0.25, 0.3) is 10.4 Å². The molecule has 0 fully saturated rings. The molecule has 0 atom stereocenters. The molecule has 3 rings (SSSR count). The van der Waals surface area contributed by atoms with E-state index in [4.69, 9.17) is 15.6 Å². The largest absolute Gasteiger partial charge is 0.478 e. The molecule has 0 aliphatic rings. The Labute approximate surface area is 187 Å². The van der Waals surface area contributed by atoms with Crippen molar-refractivity contribution in [2.45, 2.75) is 26.4 Å². The van der Waals surface area contributed by atoms with Crippen LogP contribution < -0.4 is 11.1 Å². The molecule has 0 spiro atoms. The summed E-state index contributed by atoms with van der Waals surface area (Å²) in [7, 11) is 0. The maximum atomic E-state index is 11.7. The Hall–Kier alpha value is -2.91. The van der Waals surface area contributed by atoms with Crippen molar-refractivity contribution in [1.82, 2.24) is 4.98 Å². The van der Waals surface area contributed by atoms with Gasteiger partial charge in [-0.1, -0.05) is 12.1 Å². The quantitative estimate of drug-likeness (QED) is 0.311. The standard InChI is InChI=1S/C15H18N2O2S.C6H4BrNO2/c1-15(2,3)19-14(18)17-12-7-6-10(9-11(12)16)13-5-4-8-20-13;7-5-2-1-4(3-8-5)6(9)10/h4-9H,16H2,1-3H3,(H,17,18);1-3H,(H,9,10). The Morgan fingerprint density at radius 2 is 1.93 bits per heavy atom. The number of anilines is 2. The predicted octanol–water partition coefficient (Wildman–Crippen LogP) is 5.89. The SMILES string of the molecule is CC(C)(C)OC(=O)Nc1ccc(-c2cccs2)cc1N.O=C(O)c1ccc(Br)nc1. The van der Waals surface area contributed by atoms with Crippen LogP contribution >= 0.6 is 27.3 Å². The summed E-state index contributed by atoms with van der Waals surface area (Å²) in [6.07, 6.45) is 0.792. The summed E-state index contributed by atoms with van der Waals surface area (Å²) in [5, 5.41) is 13.1. The number of ether oxygens (including phenoxy) is 1. The van der Waals surface area contributed by atoms with Crippen LogP contribution in [-0.2, 0) is 4.74 Å². The van der Waals surface area contributed by atoms with Crippen LogP contribution in [-0.4, -0.2) is 27.8 Å². The smallest absolute Gasteiger partial charge is 0.412 e. The van der Waals surface area contributed by atoms with Crippen molar-refractivity contribution < 1.29 is 19.4 Å². The number of nitrogens with one attached hydrogen (secondary N) is 1. The number of carboxylic acid groups (broad SMARTS) is 1. The van der Waals surface area contributed by atoms with Crippen LogP contribution in [0.1, 0.15) is 31.1 Å². The van der Waals surface area contributed by atoms with Gasteiger partial charge in [-0.2, -0.15) is 0 Å². The van der Waals surface area contributed by atoms with Crippen molar-refractivity contribution in [1.29, 1.82) is 0 Å². The molecule has 3 aromatic rings. The lowest BCUT2D eigenvalue weighted by molar-refractivity contribution is 0.0634. The molecule has 1 aromatic carbocycles. The van der Waals surface area contributed by atoms with Crippen molar-refractivity contribution >= 4 is 50.7 Å². The molecule has 1 amide bonds. The van der Waals surface area contributed by atoms with Crippen molar-refractivity contribution in [3.63, 3.8) is 0 Å². The molecule has 4 N–H and O–H groups in total. The van der Waals surface area contributed by atoms with Gasteiger partial charge in [0.1, 0.15) is 10.2 Å². The van der Waals surface area contributed by atoms with E-state index in [2.05, 4.69) is 26.2 Å². The number of thiophene rings is 1. The van der Waals surface area contributed by atoms with Gasteiger partial charge < -0.3 is 15.6 Å². The molecule has 9 heteroatoms. The fraction of sp³-hybridized carbons (Fsp3) is 0.190. The summed E-state index contributed by atoms with van der Waals surface area (Å²) in [5.74, 6) is -0.958. The molecule has 0 bridgehead atoms. The highest BCUT2D eigenvalue weighted by molar-refractivity contribution is 9.10. The van der Waals surface area contributed by atoms with Crippen molar-refractivity contribution in [2.24, 2.45) is 0 Å². The number of nitrogen functional groups attached to an aromatic ring is 1. The number of aromatic carboxylic acids is 1. The van der Waals surface area contributed by atoms with Crippen LogP contribution in [0.5, 0.6) is 0 Å². The van der Waals surface area contributed by atoms with E-state index in [-0.39, 0.29) is 5.56 Å². The van der Waals surface area contributed by atoms with Crippen LogP contribution in [0.2, 0.25) is 0 Å². The minimum atomic E-state index is -0.958. The number of nitrogens with zero attached hydrogens (tertiary/aromatic N) is 1. The van der Waals surface area contributed by atoms with E-state index in [9.17, 15) is 9.59 Å². The second-order valence-corrected chi connectivity index (χ2v) is 8.84. The van der Waals surface area contributed by atoms with Gasteiger partial charge >= 0.3 is 12.1 Å². The number of nitrogens with two attached hydrogens (primary N) is 1. The maximum Gasteiger partial charge on any atom is 0.412 e. The fourth-order valence-electron chi connectivity index (χ4n) is 2.19. The number of rotatable bonds is 3. The second-order valence-electron chi connectivity index (χ2n) is 7.08. The van der Waals surface area contributed by atoms with Gasteiger partial charge in [-0.05, 0) is 78.0 Å². The molecule has 2 heterocycles. The number of aromatic nitrogens is 1. The van der Waals surface area contributed by atoms with Gasteiger partial charge in [0.25, 0.3) is 0 Å². The van der Waals surface area contributed by atoms with E-state index in [0.717, 1.165) is 10.4 Å². The summed E-state index contributed by atoms with van der Waals surface area (Å²) in [6.45, 7) is 5.45. The van der Waals surface area contributed by atoms with Crippen molar-refractivity contribution in [2.75, 3.05) is 11.1 Å². The first-order valence-electron chi connectivity index (χ1n) is 8.83. The maximum absolute atomic E-state index is 11.7. The number of halogens is 1. The molecule has 0 aliphatic heterocycles. The van der Waals surface area contributed by atoms with E-state index in [1.807, 2.05) is 50.4 Å². The Morgan fingerprint density at radius 1 is 1.20 bits per heavy atom. The molecule has 2 aromatic heterocycles. The number of benzene rings is 1. The predicted molar refractivity (Wildman–Crippen MR) is 123 cm³/mol. The van der Waals surface area contributed by atoms with Gasteiger partial charge in [-0.3, -0.25) is 5.32 Å². The molecule has 0 saturated heterocycles. The van der Waals surface area contributed by atoms with E-state index < -0.39 is 17.7 Å². The zero-order valence-corrected chi connectivity index (χ0v) is 19.1. The molecular weight excluding hydrogens is 470 g/mol. The molecule has 0 saturated carbocycles. The molecule has 7 nitrogen and oxygen atoms in total. The Balaban J connectivity index is 0.000000269. The Morgan fingerprint density at radius 3 is 2.43 bits per heavy atom. The van der Waals surface area contributed by atoms with E-state index in [1.165, 1.54) is 12.3 Å². The first kappa shape index (κ1) is 23.4. The van der Waals surface area contributed by atoms with E-state index in [1.54, 1.807) is 23.5 Å². The minimum Gasteiger partial charge on any atom is -0.478 e. The number of hydrogen-bond donors (Lipinski definition) is 3. The molecular formula is C21H22BrN3O4S. The monoisotopic (exact) mass is 491 g/mol. The van der Waals surface area contributed by atoms with Gasteiger partial charge in [-0.15, -0.1) is 11.3 Å². The van der Waals surface area contributed by atoms with E-state index >= 15 is 0 Å². The van der Waals surface area contributed by atoms with Crippen molar-refractivity contribution in [3.05, 3.63) is 64.2 Å². The average molecular weight is 492 g/mol. The third-order valence-electron chi connectivity index (χ3n) is 3.47. The number of pyridine rings is 1. The number of carbonyl (C=O) groups excluding carboxylic acids is 1. The lowest BCUT2D eigenvalue weighted by atomic mass is 10.1. The number of amides is 1. The summed E-state index contributed by atoms with van der Waals surface area (Å²) in [4.78, 5) is 26.8. The van der Waals surface area contributed by atoms with E-state index in [0.29, 0.717) is 16.0 Å². The zero-order valence-electron chi connectivity index (χ0n) is 16.7. The van der Waals surface area contributed by atoms with Crippen molar-refractivity contribution in [3.8, 4) is 10.4 Å². The van der Waals surface area contributed by atoms with Gasteiger partial charge in [0.2, 0.25) is 0 Å². The van der Waals surface area contributed by atoms with Gasteiger partial charge in [-0.25, -0.2) is 14.6 Å². The van der Waals surface area contributed by atoms with Gasteiger partial charge in [0.05, 0.1) is 16.9 Å². The number of hydrogen-bond acceptors (Lipinski definition) is 6. The lowest BCUT2D eigenvalue weighted by Gasteiger charge is -2.20. The first-order chi connectivity index (χ1) is 14.0. The minimum absolute atomic E-state index is 0.197. The third-order valence-corrected chi connectivity index (χ3v) is 4.86. The summed E-state index contributed by atoms with van der Waals surface area (Å²) < 4.78 is 5.83. The highest BCUT2D eigenvalue weighted by Crippen LogP contribution is 2.30. The topological polar surface area (TPSA) is 115 Å². The van der Waals surface area contributed by atoms with Crippen LogP contribution in [0.4, 0.5) is 16.2 Å². The molecule has 30 heavy (non-hydrogen) atoms. The van der Waals surface area contributed by atoms with Gasteiger partial charge in [0.15, 0.2) is 0 Å². The second kappa shape index (κ2) is 10.2. The molecule has 0 unspecified atom stereocenters.